The fourth-order valence-corrected chi connectivity index (χ4v) is 1.20. The molecule has 2 rings (SSSR count). The first-order valence-electron chi connectivity index (χ1n) is 3.84. The predicted octanol–water partition coefficient (Wildman–Crippen LogP) is 0.832. The summed E-state index contributed by atoms with van der Waals surface area (Å²) >= 11 is 0. The molecule has 1 heterocycles. The zero-order valence-corrected chi connectivity index (χ0v) is 6.49. The molecule has 0 bridgehead atoms. The Balaban J connectivity index is 2.16. The Morgan fingerprint density at radius 2 is 2.08 bits per heavy atom. The molecule has 1 fully saturated rings. The van der Waals surface area contributed by atoms with Crippen molar-refractivity contribution in [3.05, 3.63) is 35.9 Å². The summed E-state index contributed by atoms with van der Waals surface area (Å²) in [5.74, 6) is -0.191. The first-order chi connectivity index (χ1) is 5.86. The number of carbonyl (C=O) groups is 1. The monoisotopic (exact) mass is 163 g/mol. The van der Waals surface area contributed by atoms with Crippen LogP contribution in [0.2, 0.25) is 0 Å². The predicted molar refractivity (Wildman–Crippen MR) is 43.3 cm³/mol. The van der Waals surface area contributed by atoms with Gasteiger partial charge < -0.3 is 4.74 Å². The lowest BCUT2D eigenvalue weighted by molar-refractivity contribution is -0.140. The fourth-order valence-electron chi connectivity index (χ4n) is 1.20. The Labute approximate surface area is 70.3 Å². The van der Waals surface area contributed by atoms with Crippen LogP contribution in [-0.2, 0) is 9.53 Å². The summed E-state index contributed by atoms with van der Waals surface area (Å²) < 4.78 is 5.00. The topological polar surface area (TPSA) is 38.3 Å². The quantitative estimate of drug-likeness (QED) is 0.623. The van der Waals surface area contributed by atoms with Gasteiger partial charge in [-0.1, -0.05) is 30.3 Å². The highest BCUT2D eigenvalue weighted by Crippen LogP contribution is 2.17. The van der Waals surface area contributed by atoms with E-state index in [4.69, 9.17) is 4.74 Å². The maximum atomic E-state index is 10.7. The number of benzene rings is 1. The van der Waals surface area contributed by atoms with E-state index in [1.54, 1.807) is 0 Å². The zero-order chi connectivity index (χ0) is 8.39. The second kappa shape index (κ2) is 2.95. The number of carbonyl (C=O) groups excluding carboxylic acids is 1. The van der Waals surface area contributed by atoms with E-state index in [-0.39, 0.29) is 12.2 Å². The first kappa shape index (κ1) is 7.31. The average molecular weight is 163 g/mol. The van der Waals surface area contributed by atoms with Crippen LogP contribution in [0.15, 0.2) is 30.3 Å². The number of hydrogen-bond acceptors (Lipinski definition) is 3. The molecule has 1 unspecified atom stereocenters. The summed E-state index contributed by atoms with van der Waals surface area (Å²) in [5.41, 5.74) is 0.989. The van der Waals surface area contributed by atoms with Crippen molar-refractivity contribution in [3.63, 3.8) is 0 Å². The SMILES string of the molecule is O=C1CNC(c2ccccc2)O1. The van der Waals surface area contributed by atoms with Crippen LogP contribution >= 0.6 is 0 Å². The van der Waals surface area contributed by atoms with Gasteiger partial charge in [-0.05, 0) is 0 Å². The summed E-state index contributed by atoms with van der Waals surface area (Å²) in [5, 5.41) is 2.95. The van der Waals surface area contributed by atoms with Crippen LogP contribution in [0.1, 0.15) is 11.8 Å². The Hall–Kier alpha value is -1.35. The van der Waals surface area contributed by atoms with Crippen molar-refractivity contribution in [2.24, 2.45) is 0 Å². The Kier molecular flexibility index (Phi) is 1.80. The third-order valence-corrected chi connectivity index (χ3v) is 1.78. The molecule has 0 radical (unpaired) electrons. The van der Waals surface area contributed by atoms with Crippen LogP contribution in [0, 0.1) is 0 Å². The molecule has 12 heavy (non-hydrogen) atoms. The summed E-state index contributed by atoms with van der Waals surface area (Å²) in [6.45, 7) is 0.305. The minimum absolute atomic E-state index is 0.191. The maximum absolute atomic E-state index is 10.7. The highest BCUT2D eigenvalue weighted by atomic mass is 16.6. The van der Waals surface area contributed by atoms with Crippen LogP contribution in [0.5, 0.6) is 0 Å². The third-order valence-electron chi connectivity index (χ3n) is 1.78. The second-order valence-electron chi connectivity index (χ2n) is 2.66. The minimum Gasteiger partial charge on any atom is -0.441 e. The second-order valence-corrected chi connectivity index (χ2v) is 2.66. The number of esters is 1. The van der Waals surface area contributed by atoms with E-state index in [1.165, 1.54) is 0 Å². The molecule has 1 N–H and O–H groups in total. The lowest BCUT2D eigenvalue weighted by atomic mass is 10.2. The van der Waals surface area contributed by atoms with Crippen molar-refractivity contribution in [2.45, 2.75) is 6.23 Å². The van der Waals surface area contributed by atoms with Crippen molar-refractivity contribution in [1.29, 1.82) is 0 Å². The molecular weight excluding hydrogens is 154 g/mol. The van der Waals surface area contributed by atoms with E-state index in [2.05, 4.69) is 5.32 Å². The molecule has 0 amide bonds. The van der Waals surface area contributed by atoms with E-state index in [9.17, 15) is 4.79 Å². The average Bonchev–Trinajstić information content (AvgIpc) is 2.54. The number of nitrogens with one attached hydrogen (secondary N) is 1. The Morgan fingerprint density at radius 1 is 1.33 bits per heavy atom. The van der Waals surface area contributed by atoms with E-state index < -0.39 is 0 Å². The number of hydrogen-bond donors (Lipinski definition) is 1. The Morgan fingerprint density at radius 3 is 2.67 bits per heavy atom. The van der Waals surface area contributed by atoms with Gasteiger partial charge in [0.2, 0.25) is 0 Å². The van der Waals surface area contributed by atoms with Crippen LogP contribution in [-0.4, -0.2) is 12.5 Å². The van der Waals surface area contributed by atoms with Crippen LogP contribution < -0.4 is 5.32 Å². The minimum atomic E-state index is -0.251. The molecular formula is C9H9NO2. The molecule has 3 heteroatoms. The van der Waals surface area contributed by atoms with Gasteiger partial charge in [-0.2, -0.15) is 0 Å². The van der Waals surface area contributed by atoms with E-state index in [1.807, 2.05) is 30.3 Å². The van der Waals surface area contributed by atoms with Crippen molar-refractivity contribution in [3.8, 4) is 0 Å². The molecule has 1 aliphatic rings. The largest absolute Gasteiger partial charge is 0.441 e. The molecule has 62 valence electrons. The first-order valence-corrected chi connectivity index (χ1v) is 3.84. The molecule has 0 spiro atoms. The van der Waals surface area contributed by atoms with Gasteiger partial charge in [0.05, 0.1) is 6.54 Å². The van der Waals surface area contributed by atoms with Gasteiger partial charge in [0.25, 0.3) is 0 Å². The van der Waals surface area contributed by atoms with Gasteiger partial charge in [-0.25, -0.2) is 0 Å². The molecule has 1 aliphatic heterocycles. The molecule has 1 aromatic carbocycles. The van der Waals surface area contributed by atoms with Crippen molar-refractivity contribution < 1.29 is 9.53 Å². The van der Waals surface area contributed by atoms with Crippen molar-refractivity contribution in [2.75, 3.05) is 6.54 Å². The number of rotatable bonds is 1. The van der Waals surface area contributed by atoms with E-state index >= 15 is 0 Å². The van der Waals surface area contributed by atoms with Crippen LogP contribution in [0.4, 0.5) is 0 Å². The highest BCUT2D eigenvalue weighted by molar-refractivity contribution is 5.73. The summed E-state index contributed by atoms with van der Waals surface area (Å²) in [7, 11) is 0. The van der Waals surface area contributed by atoms with Gasteiger partial charge in [0.1, 0.15) is 0 Å². The lowest BCUT2D eigenvalue weighted by Crippen LogP contribution is -2.13. The van der Waals surface area contributed by atoms with Gasteiger partial charge in [-0.15, -0.1) is 0 Å². The standard InChI is InChI=1S/C9H9NO2/c11-8-6-10-9(12-8)7-4-2-1-3-5-7/h1-5,9-10H,6H2. The summed E-state index contributed by atoms with van der Waals surface area (Å²) in [6.07, 6.45) is -0.251. The summed E-state index contributed by atoms with van der Waals surface area (Å²) in [4.78, 5) is 10.7. The molecule has 1 saturated heterocycles. The van der Waals surface area contributed by atoms with E-state index in [0.717, 1.165) is 5.56 Å². The third kappa shape index (κ3) is 1.31. The van der Waals surface area contributed by atoms with Gasteiger partial charge in [0.15, 0.2) is 6.23 Å². The normalized spacial score (nSPS) is 22.3. The maximum Gasteiger partial charge on any atom is 0.321 e. The Bertz CT molecular complexity index is 284. The highest BCUT2D eigenvalue weighted by Gasteiger charge is 2.23. The molecule has 0 aliphatic carbocycles. The lowest BCUT2D eigenvalue weighted by Gasteiger charge is -2.08. The van der Waals surface area contributed by atoms with Crippen molar-refractivity contribution >= 4 is 5.97 Å². The molecule has 1 atom stereocenters. The van der Waals surface area contributed by atoms with Crippen LogP contribution in [0.25, 0.3) is 0 Å². The molecule has 0 saturated carbocycles. The summed E-state index contributed by atoms with van der Waals surface area (Å²) in [6, 6.07) is 9.62. The fraction of sp³-hybridized carbons (Fsp3) is 0.222. The number of ether oxygens (including phenoxy) is 1. The smallest absolute Gasteiger partial charge is 0.321 e. The van der Waals surface area contributed by atoms with Gasteiger partial charge >= 0.3 is 5.97 Å². The van der Waals surface area contributed by atoms with E-state index in [0.29, 0.717) is 6.54 Å². The molecule has 0 aromatic heterocycles. The number of cyclic esters (lactones) is 1. The van der Waals surface area contributed by atoms with Crippen LogP contribution in [0.3, 0.4) is 0 Å². The molecule has 3 nitrogen and oxygen atoms in total. The van der Waals surface area contributed by atoms with Gasteiger partial charge in [-0.3, -0.25) is 10.1 Å². The van der Waals surface area contributed by atoms with Gasteiger partial charge in [0, 0.05) is 5.56 Å². The zero-order valence-electron chi connectivity index (χ0n) is 6.49. The van der Waals surface area contributed by atoms with Crippen molar-refractivity contribution in [1.82, 2.24) is 5.32 Å². The molecule has 1 aromatic rings.